The minimum absolute atomic E-state index is 0.238. The van der Waals surface area contributed by atoms with Crippen LogP contribution in [0.4, 0.5) is 0 Å². The predicted octanol–water partition coefficient (Wildman–Crippen LogP) is 2.19. The maximum atomic E-state index is 10.00. The Balaban J connectivity index is 2.93. The zero-order valence-electron chi connectivity index (χ0n) is 4.80. The third kappa shape index (κ3) is 1.48. The molecule has 0 radical (unpaired) electrons. The number of aldehydes is 1. The summed E-state index contributed by atoms with van der Waals surface area (Å²) in [5.41, 5.74) is 0.562. The highest BCUT2D eigenvalue weighted by atomic mass is 35.5. The standard InChI is InChI=1S/C5H3Cl2NOS/c6-4-3(1-2-9)8-10-5(4)7/h2H,1H2. The van der Waals surface area contributed by atoms with E-state index in [1.165, 1.54) is 0 Å². The molecule has 0 fully saturated rings. The highest BCUT2D eigenvalue weighted by Gasteiger charge is 2.07. The van der Waals surface area contributed by atoms with Crippen LogP contribution in [-0.2, 0) is 11.2 Å². The summed E-state index contributed by atoms with van der Waals surface area (Å²) in [5, 5.41) is 0.402. The molecule has 0 spiro atoms. The van der Waals surface area contributed by atoms with Crippen LogP contribution in [0, 0.1) is 0 Å². The van der Waals surface area contributed by atoms with Gasteiger partial charge < -0.3 is 4.79 Å². The van der Waals surface area contributed by atoms with Gasteiger partial charge in [0.25, 0.3) is 0 Å². The molecule has 1 heterocycles. The van der Waals surface area contributed by atoms with Gasteiger partial charge in [-0.1, -0.05) is 23.2 Å². The molecule has 0 aromatic carbocycles. The van der Waals surface area contributed by atoms with Crippen molar-refractivity contribution in [2.75, 3.05) is 0 Å². The van der Waals surface area contributed by atoms with E-state index in [9.17, 15) is 4.79 Å². The van der Waals surface area contributed by atoms with E-state index in [0.29, 0.717) is 15.1 Å². The van der Waals surface area contributed by atoms with Crippen LogP contribution in [0.3, 0.4) is 0 Å². The van der Waals surface area contributed by atoms with E-state index in [1.54, 1.807) is 0 Å². The smallest absolute Gasteiger partial charge is 0.132 e. The number of hydrogen-bond acceptors (Lipinski definition) is 3. The minimum Gasteiger partial charge on any atom is -0.303 e. The summed E-state index contributed by atoms with van der Waals surface area (Å²) in [6.45, 7) is 0. The molecule has 10 heavy (non-hydrogen) atoms. The van der Waals surface area contributed by atoms with Crippen molar-refractivity contribution < 1.29 is 4.79 Å². The molecule has 0 atom stereocenters. The molecular weight excluding hydrogens is 193 g/mol. The summed E-state index contributed by atoms with van der Waals surface area (Å²) < 4.78 is 4.29. The molecule has 0 saturated heterocycles. The lowest BCUT2D eigenvalue weighted by atomic mass is 10.3. The Labute approximate surface area is 71.9 Å². The second-order valence-corrected chi connectivity index (χ2v) is 3.34. The molecule has 2 nitrogen and oxygen atoms in total. The van der Waals surface area contributed by atoms with Crippen molar-refractivity contribution in [2.45, 2.75) is 6.42 Å². The summed E-state index contributed by atoms with van der Waals surface area (Å²) >= 11 is 12.3. The molecule has 5 heteroatoms. The first-order valence-corrected chi connectivity index (χ1v) is 4.02. The fraction of sp³-hybridized carbons (Fsp3) is 0.200. The fourth-order valence-corrected chi connectivity index (χ4v) is 1.53. The molecule has 0 aliphatic carbocycles. The van der Waals surface area contributed by atoms with Gasteiger partial charge in [-0.25, -0.2) is 0 Å². The third-order valence-electron chi connectivity index (χ3n) is 0.939. The Morgan fingerprint density at radius 1 is 1.60 bits per heavy atom. The lowest BCUT2D eigenvalue weighted by molar-refractivity contribution is -0.107. The Kier molecular flexibility index (Phi) is 2.65. The Hall–Kier alpha value is -0.120. The van der Waals surface area contributed by atoms with Crippen molar-refractivity contribution in [3.8, 4) is 0 Å². The summed E-state index contributed by atoms with van der Waals surface area (Å²) in [5.74, 6) is 0. The van der Waals surface area contributed by atoms with Crippen LogP contribution < -0.4 is 0 Å². The molecule has 0 bridgehead atoms. The zero-order chi connectivity index (χ0) is 7.56. The SMILES string of the molecule is O=CCc1nsc(Cl)c1Cl. The summed E-state index contributed by atoms with van der Waals surface area (Å²) in [7, 11) is 0. The highest BCUT2D eigenvalue weighted by molar-refractivity contribution is 7.11. The molecule has 54 valence electrons. The van der Waals surface area contributed by atoms with Gasteiger partial charge in [0.1, 0.15) is 10.6 Å². The monoisotopic (exact) mass is 195 g/mol. The zero-order valence-corrected chi connectivity index (χ0v) is 7.13. The Morgan fingerprint density at radius 2 is 2.30 bits per heavy atom. The Bertz CT molecular complexity index is 248. The lowest BCUT2D eigenvalue weighted by Gasteiger charge is -1.84. The second-order valence-electron chi connectivity index (χ2n) is 1.59. The number of carbonyl (C=O) groups excluding carboxylic acids is 1. The van der Waals surface area contributed by atoms with Crippen LogP contribution >= 0.6 is 34.7 Å². The first-order valence-electron chi connectivity index (χ1n) is 2.49. The van der Waals surface area contributed by atoms with Crippen molar-refractivity contribution in [2.24, 2.45) is 0 Å². The molecule has 0 N–H and O–H groups in total. The van der Waals surface area contributed by atoms with Crippen molar-refractivity contribution in [3.05, 3.63) is 15.1 Å². The summed E-state index contributed by atoms with van der Waals surface area (Å²) in [6, 6.07) is 0. The maximum absolute atomic E-state index is 10.00. The van der Waals surface area contributed by atoms with E-state index in [1.807, 2.05) is 0 Å². The first-order chi connectivity index (χ1) is 4.75. The van der Waals surface area contributed by atoms with Gasteiger partial charge in [-0.05, 0) is 11.5 Å². The van der Waals surface area contributed by atoms with Gasteiger partial charge >= 0.3 is 0 Å². The molecular formula is C5H3Cl2NOS. The normalized spacial score (nSPS) is 9.80. The van der Waals surface area contributed by atoms with Crippen LogP contribution in [0.25, 0.3) is 0 Å². The van der Waals surface area contributed by atoms with E-state index in [4.69, 9.17) is 23.2 Å². The Morgan fingerprint density at radius 3 is 2.70 bits per heavy atom. The van der Waals surface area contributed by atoms with Gasteiger partial charge in [-0.3, -0.25) is 0 Å². The summed E-state index contributed by atoms with van der Waals surface area (Å²) in [6.07, 6.45) is 0.985. The van der Waals surface area contributed by atoms with Gasteiger partial charge in [0.2, 0.25) is 0 Å². The van der Waals surface area contributed by atoms with Crippen LogP contribution in [-0.4, -0.2) is 10.7 Å². The molecule has 0 amide bonds. The first kappa shape index (κ1) is 7.98. The predicted molar refractivity (Wildman–Crippen MR) is 41.9 cm³/mol. The van der Waals surface area contributed by atoms with Crippen LogP contribution in [0.15, 0.2) is 0 Å². The van der Waals surface area contributed by atoms with E-state index >= 15 is 0 Å². The van der Waals surface area contributed by atoms with E-state index in [-0.39, 0.29) is 6.42 Å². The molecule has 0 unspecified atom stereocenters. The van der Waals surface area contributed by atoms with Crippen LogP contribution in [0.5, 0.6) is 0 Å². The van der Waals surface area contributed by atoms with Gasteiger partial charge in [-0.15, -0.1) is 0 Å². The molecule has 0 aliphatic heterocycles. The van der Waals surface area contributed by atoms with E-state index in [0.717, 1.165) is 17.8 Å². The van der Waals surface area contributed by atoms with Crippen LogP contribution in [0.1, 0.15) is 5.69 Å². The highest BCUT2D eigenvalue weighted by Crippen LogP contribution is 2.29. The van der Waals surface area contributed by atoms with E-state index < -0.39 is 0 Å². The number of hydrogen-bond donors (Lipinski definition) is 0. The summed E-state index contributed by atoms with van der Waals surface area (Å²) in [4.78, 5) is 10.00. The maximum Gasteiger partial charge on any atom is 0.132 e. The van der Waals surface area contributed by atoms with Crippen molar-refractivity contribution in [1.29, 1.82) is 0 Å². The van der Waals surface area contributed by atoms with Gasteiger partial charge in [0.05, 0.1) is 10.7 Å². The fourth-order valence-electron chi connectivity index (χ4n) is 0.495. The van der Waals surface area contributed by atoms with Crippen LogP contribution in [0.2, 0.25) is 9.36 Å². The van der Waals surface area contributed by atoms with Crippen molar-refractivity contribution in [3.63, 3.8) is 0 Å². The quantitative estimate of drug-likeness (QED) is 0.678. The van der Waals surface area contributed by atoms with Gasteiger partial charge in [0.15, 0.2) is 0 Å². The number of rotatable bonds is 2. The third-order valence-corrected chi connectivity index (χ3v) is 2.63. The van der Waals surface area contributed by atoms with Gasteiger partial charge in [-0.2, -0.15) is 4.37 Å². The number of carbonyl (C=O) groups is 1. The second kappa shape index (κ2) is 3.32. The van der Waals surface area contributed by atoms with E-state index in [2.05, 4.69) is 4.37 Å². The lowest BCUT2D eigenvalue weighted by Crippen LogP contribution is -1.84. The average Bonchev–Trinajstić information content (AvgIpc) is 2.20. The average molecular weight is 196 g/mol. The van der Waals surface area contributed by atoms with Crippen molar-refractivity contribution in [1.82, 2.24) is 4.37 Å². The topological polar surface area (TPSA) is 30.0 Å². The molecule has 1 aromatic rings. The van der Waals surface area contributed by atoms with Crippen molar-refractivity contribution >= 4 is 41.0 Å². The van der Waals surface area contributed by atoms with Gasteiger partial charge in [0, 0.05) is 6.42 Å². The molecule has 1 aromatic heterocycles. The number of aromatic nitrogens is 1. The molecule has 1 rings (SSSR count). The minimum atomic E-state index is 0.238. The number of nitrogens with zero attached hydrogens (tertiary/aromatic N) is 1. The number of halogens is 2. The molecule has 0 saturated carbocycles. The molecule has 0 aliphatic rings. The largest absolute Gasteiger partial charge is 0.303 e.